The number of carbonyl (C=O) groups excluding carboxylic acids is 2. The van der Waals surface area contributed by atoms with Crippen molar-refractivity contribution in [1.82, 2.24) is 0 Å². The quantitative estimate of drug-likeness (QED) is 0.508. The molecule has 0 unspecified atom stereocenters. The number of aliphatic hydroxyl groups excluding tert-OH is 1. The Morgan fingerprint density at radius 2 is 2.08 bits per heavy atom. The van der Waals surface area contributed by atoms with E-state index in [0.717, 1.165) is 0 Å². The standard InChI is InChI=1S/C9H14O4/c1-3-13-8(12)9(6(2)10)4-7(11)5-9/h7,11H,3-5H2,1-2H3. The fourth-order valence-electron chi connectivity index (χ4n) is 1.61. The maximum atomic E-state index is 11.4. The van der Waals surface area contributed by atoms with Gasteiger partial charge in [0.15, 0.2) is 0 Å². The molecule has 1 aliphatic rings. The summed E-state index contributed by atoms with van der Waals surface area (Å²) in [6.45, 7) is 3.33. The lowest BCUT2D eigenvalue weighted by atomic mass is 9.64. The second-order valence-electron chi connectivity index (χ2n) is 3.42. The molecule has 0 aromatic carbocycles. The van der Waals surface area contributed by atoms with E-state index in [1.165, 1.54) is 6.92 Å². The van der Waals surface area contributed by atoms with E-state index >= 15 is 0 Å². The number of esters is 1. The number of Topliss-reactive ketones (excluding diaryl/α,β-unsaturated/α-hetero) is 1. The van der Waals surface area contributed by atoms with Gasteiger partial charge >= 0.3 is 5.97 Å². The molecule has 0 aromatic heterocycles. The Bertz CT molecular complexity index is 228. The van der Waals surface area contributed by atoms with Crippen LogP contribution in [0.3, 0.4) is 0 Å². The predicted octanol–water partition coefficient (Wildman–Crippen LogP) is 0.280. The summed E-state index contributed by atoms with van der Waals surface area (Å²) in [6.07, 6.45) is -0.115. The Hall–Kier alpha value is -0.900. The van der Waals surface area contributed by atoms with Gasteiger partial charge in [-0.2, -0.15) is 0 Å². The molecule has 0 bridgehead atoms. The van der Waals surface area contributed by atoms with Gasteiger partial charge in [-0.05, 0) is 26.7 Å². The van der Waals surface area contributed by atoms with Gasteiger partial charge < -0.3 is 9.84 Å². The molecule has 0 radical (unpaired) electrons. The molecule has 4 nitrogen and oxygen atoms in total. The molecule has 1 saturated carbocycles. The number of carbonyl (C=O) groups is 2. The van der Waals surface area contributed by atoms with E-state index in [-0.39, 0.29) is 25.2 Å². The van der Waals surface area contributed by atoms with Crippen LogP contribution in [-0.2, 0) is 14.3 Å². The van der Waals surface area contributed by atoms with Crippen LogP contribution >= 0.6 is 0 Å². The van der Waals surface area contributed by atoms with Gasteiger partial charge in [-0.3, -0.25) is 9.59 Å². The van der Waals surface area contributed by atoms with Crippen LogP contribution in [0.4, 0.5) is 0 Å². The van der Waals surface area contributed by atoms with Gasteiger partial charge in [0.1, 0.15) is 11.2 Å². The Balaban J connectivity index is 2.70. The molecule has 0 atom stereocenters. The number of rotatable bonds is 3. The summed E-state index contributed by atoms with van der Waals surface area (Å²) in [5.74, 6) is -0.705. The molecular formula is C9H14O4. The summed E-state index contributed by atoms with van der Waals surface area (Å²) < 4.78 is 4.79. The van der Waals surface area contributed by atoms with Crippen molar-refractivity contribution in [1.29, 1.82) is 0 Å². The van der Waals surface area contributed by atoms with Gasteiger partial charge in [0.2, 0.25) is 0 Å². The molecular weight excluding hydrogens is 172 g/mol. The molecule has 74 valence electrons. The molecule has 0 aliphatic heterocycles. The van der Waals surface area contributed by atoms with Crippen LogP contribution in [0.2, 0.25) is 0 Å². The van der Waals surface area contributed by atoms with Crippen molar-refractivity contribution in [3.8, 4) is 0 Å². The number of aliphatic hydroxyl groups is 1. The molecule has 1 rings (SSSR count). The molecule has 1 fully saturated rings. The third-order valence-corrected chi connectivity index (χ3v) is 2.51. The molecule has 1 N–H and O–H groups in total. The minimum atomic E-state index is -1.05. The first kappa shape index (κ1) is 10.2. The molecule has 4 heteroatoms. The monoisotopic (exact) mass is 186 g/mol. The highest BCUT2D eigenvalue weighted by molar-refractivity contribution is 6.03. The Kier molecular flexibility index (Phi) is 2.71. The predicted molar refractivity (Wildman–Crippen MR) is 45.0 cm³/mol. The van der Waals surface area contributed by atoms with Crippen LogP contribution < -0.4 is 0 Å². The summed E-state index contributed by atoms with van der Waals surface area (Å²) in [5.41, 5.74) is -1.05. The van der Waals surface area contributed by atoms with E-state index in [9.17, 15) is 9.59 Å². The lowest BCUT2D eigenvalue weighted by Crippen LogP contribution is -2.52. The van der Waals surface area contributed by atoms with E-state index in [1.54, 1.807) is 6.92 Å². The number of hydrogen-bond donors (Lipinski definition) is 1. The van der Waals surface area contributed by atoms with Crippen LogP contribution in [0.5, 0.6) is 0 Å². The first-order valence-electron chi connectivity index (χ1n) is 4.39. The molecule has 0 heterocycles. The molecule has 0 amide bonds. The lowest BCUT2D eigenvalue weighted by Gasteiger charge is -2.40. The average Bonchev–Trinajstić information content (AvgIpc) is 1.98. The second-order valence-corrected chi connectivity index (χ2v) is 3.42. The fourth-order valence-corrected chi connectivity index (χ4v) is 1.61. The van der Waals surface area contributed by atoms with Gasteiger partial charge in [-0.15, -0.1) is 0 Å². The van der Waals surface area contributed by atoms with Crippen LogP contribution in [0.25, 0.3) is 0 Å². The zero-order chi connectivity index (χ0) is 10.1. The van der Waals surface area contributed by atoms with Gasteiger partial charge in [0.25, 0.3) is 0 Å². The van der Waals surface area contributed by atoms with Crippen molar-refractivity contribution < 1.29 is 19.4 Å². The topological polar surface area (TPSA) is 63.6 Å². The number of hydrogen-bond acceptors (Lipinski definition) is 4. The van der Waals surface area contributed by atoms with Crippen molar-refractivity contribution in [2.75, 3.05) is 6.61 Å². The van der Waals surface area contributed by atoms with Crippen molar-refractivity contribution in [3.05, 3.63) is 0 Å². The summed E-state index contributed by atoms with van der Waals surface area (Å²) in [4.78, 5) is 22.6. The maximum absolute atomic E-state index is 11.4. The average molecular weight is 186 g/mol. The van der Waals surface area contributed by atoms with Crippen LogP contribution in [0.15, 0.2) is 0 Å². The zero-order valence-corrected chi connectivity index (χ0v) is 7.87. The van der Waals surface area contributed by atoms with Crippen molar-refractivity contribution in [3.63, 3.8) is 0 Å². The first-order chi connectivity index (χ1) is 6.03. The molecule has 1 aliphatic carbocycles. The van der Waals surface area contributed by atoms with E-state index in [0.29, 0.717) is 0 Å². The smallest absolute Gasteiger partial charge is 0.319 e. The summed E-state index contributed by atoms with van der Waals surface area (Å²) in [7, 11) is 0. The highest BCUT2D eigenvalue weighted by Gasteiger charge is 2.54. The Morgan fingerprint density at radius 3 is 2.38 bits per heavy atom. The van der Waals surface area contributed by atoms with Crippen LogP contribution in [0, 0.1) is 5.41 Å². The Morgan fingerprint density at radius 1 is 1.54 bits per heavy atom. The third kappa shape index (κ3) is 1.58. The molecule has 0 saturated heterocycles. The van der Waals surface area contributed by atoms with Crippen LogP contribution in [-0.4, -0.2) is 29.6 Å². The normalized spacial score (nSPS) is 32.1. The third-order valence-electron chi connectivity index (χ3n) is 2.51. The summed E-state index contributed by atoms with van der Waals surface area (Å²) in [5, 5.41) is 9.09. The van der Waals surface area contributed by atoms with E-state index < -0.39 is 17.5 Å². The lowest BCUT2D eigenvalue weighted by molar-refractivity contribution is -0.173. The molecule has 0 aromatic rings. The fraction of sp³-hybridized carbons (Fsp3) is 0.778. The Labute approximate surface area is 76.9 Å². The van der Waals surface area contributed by atoms with Gasteiger partial charge in [0, 0.05) is 0 Å². The van der Waals surface area contributed by atoms with Crippen molar-refractivity contribution >= 4 is 11.8 Å². The van der Waals surface area contributed by atoms with Gasteiger partial charge in [-0.1, -0.05) is 0 Å². The van der Waals surface area contributed by atoms with E-state index in [4.69, 9.17) is 9.84 Å². The summed E-state index contributed by atoms with van der Waals surface area (Å²) in [6, 6.07) is 0. The molecule has 13 heavy (non-hydrogen) atoms. The maximum Gasteiger partial charge on any atom is 0.319 e. The van der Waals surface area contributed by atoms with E-state index in [1.807, 2.05) is 0 Å². The summed E-state index contributed by atoms with van der Waals surface area (Å²) >= 11 is 0. The zero-order valence-electron chi connectivity index (χ0n) is 7.87. The van der Waals surface area contributed by atoms with Gasteiger partial charge in [0.05, 0.1) is 12.7 Å². The van der Waals surface area contributed by atoms with Crippen molar-refractivity contribution in [2.45, 2.75) is 32.8 Å². The first-order valence-corrected chi connectivity index (χ1v) is 4.39. The van der Waals surface area contributed by atoms with Crippen LogP contribution in [0.1, 0.15) is 26.7 Å². The van der Waals surface area contributed by atoms with Crippen molar-refractivity contribution in [2.24, 2.45) is 5.41 Å². The minimum Gasteiger partial charge on any atom is -0.465 e. The highest BCUT2D eigenvalue weighted by atomic mass is 16.5. The SMILES string of the molecule is CCOC(=O)C1(C(C)=O)CC(O)C1. The van der Waals surface area contributed by atoms with Gasteiger partial charge in [-0.25, -0.2) is 0 Å². The number of ether oxygens (including phenoxy) is 1. The second kappa shape index (κ2) is 3.46. The highest BCUT2D eigenvalue weighted by Crippen LogP contribution is 2.43. The van der Waals surface area contributed by atoms with E-state index in [2.05, 4.69) is 0 Å². The minimum absolute atomic E-state index is 0.209. The largest absolute Gasteiger partial charge is 0.465 e. The molecule has 0 spiro atoms. The number of ketones is 1.